The summed E-state index contributed by atoms with van der Waals surface area (Å²) in [4.78, 5) is 35.5. The van der Waals surface area contributed by atoms with Crippen LogP contribution in [0.5, 0.6) is 5.75 Å². The molecular weight excluding hydrogens is 358 g/mol. The van der Waals surface area contributed by atoms with Gasteiger partial charge in [0.25, 0.3) is 0 Å². The first-order valence-corrected chi connectivity index (χ1v) is 9.03. The van der Waals surface area contributed by atoms with E-state index in [1.807, 2.05) is 32.0 Å². The summed E-state index contributed by atoms with van der Waals surface area (Å²) in [6.45, 7) is 7.55. The van der Waals surface area contributed by atoms with Gasteiger partial charge in [-0.1, -0.05) is 17.7 Å². The van der Waals surface area contributed by atoms with Gasteiger partial charge in [0.05, 0.1) is 12.6 Å². The average molecular weight is 383 g/mol. The van der Waals surface area contributed by atoms with Gasteiger partial charge in [0.1, 0.15) is 5.75 Å². The van der Waals surface area contributed by atoms with Gasteiger partial charge in [-0.3, -0.25) is 14.4 Å². The highest BCUT2D eigenvalue weighted by molar-refractivity contribution is 6.39. The number of carbonyl (C=O) groups is 3. The van der Waals surface area contributed by atoms with Crippen molar-refractivity contribution in [3.63, 3.8) is 0 Å². The third-order valence-corrected chi connectivity index (χ3v) is 3.95. The van der Waals surface area contributed by atoms with Crippen molar-refractivity contribution in [1.29, 1.82) is 0 Å². The first kappa shape index (κ1) is 21.0. The maximum atomic E-state index is 12.3. The maximum Gasteiger partial charge on any atom is 0.313 e. The molecule has 3 amide bonds. The fraction of sp³-hybridized carbons (Fsp3) is 0.286. The molecule has 0 spiro atoms. The van der Waals surface area contributed by atoms with Crippen LogP contribution in [0.15, 0.2) is 42.5 Å². The highest BCUT2D eigenvalue weighted by atomic mass is 16.5. The van der Waals surface area contributed by atoms with E-state index in [9.17, 15) is 14.4 Å². The first-order chi connectivity index (χ1) is 13.3. The Bertz CT molecular complexity index is 862. The van der Waals surface area contributed by atoms with Crippen molar-refractivity contribution in [3.05, 3.63) is 53.6 Å². The molecule has 0 radical (unpaired) electrons. The second-order valence-corrected chi connectivity index (χ2v) is 6.38. The summed E-state index contributed by atoms with van der Waals surface area (Å²) in [7, 11) is 0. The van der Waals surface area contributed by atoms with Crippen molar-refractivity contribution < 1.29 is 19.1 Å². The van der Waals surface area contributed by atoms with Gasteiger partial charge in [-0.2, -0.15) is 0 Å². The Morgan fingerprint density at radius 3 is 2.14 bits per heavy atom. The zero-order chi connectivity index (χ0) is 20.7. The third-order valence-electron chi connectivity index (χ3n) is 3.95. The van der Waals surface area contributed by atoms with Crippen molar-refractivity contribution in [2.24, 2.45) is 0 Å². The second kappa shape index (κ2) is 9.55. The van der Waals surface area contributed by atoms with Crippen molar-refractivity contribution in [1.82, 2.24) is 5.32 Å². The van der Waals surface area contributed by atoms with Crippen LogP contribution in [0.3, 0.4) is 0 Å². The summed E-state index contributed by atoms with van der Waals surface area (Å²) in [6, 6.07) is 11.8. The number of hydrogen-bond acceptors (Lipinski definition) is 4. The lowest BCUT2D eigenvalue weighted by Gasteiger charge is -2.18. The minimum atomic E-state index is -0.773. The van der Waals surface area contributed by atoms with Crippen LogP contribution in [0.1, 0.15) is 37.9 Å². The maximum absolute atomic E-state index is 12.3. The molecular formula is C21H25N3O4. The fourth-order valence-corrected chi connectivity index (χ4v) is 2.66. The topological polar surface area (TPSA) is 96.5 Å². The first-order valence-electron chi connectivity index (χ1n) is 9.03. The van der Waals surface area contributed by atoms with Crippen LogP contribution in [0, 0.1) is 6.92 Å². The SMILES string of the molecule is CCOc1ccc(C)cc1C(C)NC(=O)C(=O)Nc1ccc(NC(C)=O)cc1. The van der Waals surface area contributed by atoms with Gasteiger partial charge in [0.15, 0.2) is 0 Å². The number of hydrogen-bond donors (Lipinski definition) is 3. The van der Waals surface area contributed by atoms with Gasteiger partial charge < -0.3 is 20.7 Å². The number of aryl methyl sites for hydroxylation is 1. The molecule has 0 saturated carbocycles. The molecule has 0 heterocycles. The monoisotopic (exact) mass is 383 g/mol. The van der Waals surface area contributed by atoms with Crippen LogP contribution in [-0.2, 0) is 14.4 Å². The van der Waals surface area contributed by atoms with Gasteiger partial charge >= 0.3 is 11.8 Å². The summed E-state index contributed by atoms with van der Waals surface area (Å²) >= 11 is 0. The zero-order valence-electron chi connectivity index (χ0n) is 16.5. The minimum absolute atomic E-state index is 0.187. The zero-order valence-corrected chi connectivity index (χ0v) is 16.5. The lowest BCUT2D eigenvalue weighted by Crippen LogP contribution is -2.37. The number of anilines is 2. The molecule has 2 aromatic carbocycles. The standard InChI is InChI=1S/C21H25N3O4/c1-5-28-19-11-6-13(2)12-18(19)14(3)22-20(26)21(27)24-17-9-7-16(8-10-17)23-15(4)25/h6-12,14H,5H2,1-4H3,(H,22,26)(H,23,25)(H,24,27). The molecule has 0 aliphatic heterocycles. The molecule has 3 N–H and O–H groups in total. The Morgan fingerprint density at radius 1 is 0.964 bits per heavy atom. The molecule has 0 aliphatic rings. The predicted octanol–water partition coefficient (Wildman–Crippen LogP) is 3.17. The lowest BCUT2D eigenvalue weighted by atomic mass is 10.0. The van der Waals surface area contributed by atoms with Crippen LogP contribution in [-0.4, -0.2) is 24.3 Å². The van der Waals surface area contributed by atoms with Crippen molar-refractivity contribution in [3.8, 4) is 5.75 Å². The summed E-state index contributed by atoms with van der Waals surface area (Å²) in [5, 5.41) is 7.86. The highest BCUT2D eigenvalue weighted by Gasteiger charge is 2.19. The molecule has 0 fully saturated rings. The number of nitrogens with one attached hydrogen (secondary N) is 3. The molecule has 0 aliphatic carbocycles. The normalized spacial score (nSPS) is 11.3. The van der Waals surface area contributed by atoms with E-state index in [-0.39, 0.29) is 5.91 Å². The lowest BCUT2D eigenvalue weighted by molar-refractivity contribution is -0.136. The predicted molar refractivity (Wildman–Crippen MR) is 108 cm³/mol. The van der Waals surface area contributed by atoms with Crippen molar-refractivity contribution in [2.45, 2.75) is 33.7 Å². The van der Waals surface area contributed by atoms with Crippen LogP contribution < -0.4 is 20.7 Å². The summed E-state index contributed by atoms with van der Waals surface area (Å²) < 4.78 is 5.61. The number of amides is 3. The van der Waals surface area contributed by atoms with Gasteiger partial charge in [-0.05, 0) is 51.1 Å². The van der Waals surface area contributed by atoms with Crippen LogP contribution >= 0.6 is 0 Å². The van der Waals surface area contributed by atoms with E-state index in [4.69, 9.17) is 4.74 Å². The highest BCUT2D eigenvalue weighted by Crippen LogP contribution is 2.26. The summed E-state index contributed by atoms with van der Waals surface area (Å²) in [5.74, 6) is -1.03. The Hall–Kier alpha value is -3.35. The molecule has 0 bridgehead atoms. The molecule has 1 unspecified atom stereocenters. The summed E-state index contributed by atoms with van der Waals surface area (Å²) in [6.07, 6.45) is 0. The van der Waals surface area contributed by atoms with Crippen molar-refractivity contribution >= 4 is 29.1 Å². The molecule has 148 valence electrons. The Morgan fingerprint density at radius 2 is 1.57 bits per heavy atom. The van der Waals surface area contributed by atoms with E-state index in [0.29, 0.717) is 23.7 Å². The van der Waals surface area contributed by atoms with E-state index in [2.05, 4.69) is 16.0 Å². The van der Waals surface area contributed by atoms with E-state index >= 15 is 0 Å². The number of benzene rings is 2. The average Bonchev–Trinajstić information content (AvgIpc) is 2.64. The van der Waals surface area contributed by atoms with Crippen molar-refractivity contribution in [2.75, 3.05) is 17.2 Å². The van der Waals surface area contributed by atoms with Gasteiger partial charge in [-0.15, -0.1) is 0 Å². The summed E-state index contributed by atoms with van der Waals surface area (Å²) in [5.41, 5.74) is 2.89. The number of rotatable bonds is 6. The number of ether oxygens (including phenoxy) is 1. The second-order valence-electron chi connectivity index (χ2n) is 6.38. The fourth-order valence-electron chi connectivity index (χ4n) is 2.66. The van der Waals surface area contributed by atoms with Gasteiger partial charge in [0.2, 0.25) is 5.91 Å². The van der Waals surface area contributed by atoms with Gasteiger partial charge in [-0.25, -0.2) is 0 Å². The number of carbonyl (C=O) groups excluding carboxylic acids is 3. The van der Waals surface area contributed by atoms with E-state index in [0.717, 1.165) is 11.1 Å². The van der Waals surface area contributed by atoms with Crippen LogP contribution in [0.4, 0.5) is 11.4 Å². The van der Waals surface area contributed by atoms with E-state index in [1.54, 1.807) is 31.2 Å². The molecule has 7 heteroatoms. The molecule has 7 nitrogen and oxygen atoms in total. The molecule has 2 rings (SSSR count). The Labute approximate surface area is 164 Å². The van der Waals surface area contributed by atoms with E-state index in [1.165, 1.54) is 6.92 Å². The molecule has 28 heavy (non-hydrogen) atoms. The van der Waals surface area contributed by atoms with Crippen LogP contribution in [0.25, 0.3) is 0 Å². The smallest absolute Gasteiger partial charge is 0.313 e. The van der Waals surface area contributed by atoms with Crippen LogP contribution in [0.2, 0.25) is 0 Å². The minimum Gasteiger partial charge on any atom is -0.494 e. The quantitative estimate of drug-likeness (QED) is 0.668. The molecule has 1 atom stereocenters. The van der Waals surface area contributed by atoms with Gasteiger partial charge in [0, 0.05) is 23.9 Å². The van der Waals surface area contributed by atoms with E-state index < -0.39 is 17.9 Å². The molecule has 0 saturated heterocycles. The Kier molecular flexibility index (Phi) is 7.14. The molecule has 2 aromatic rings. The molecule has 0 aromatic heterocycles. The third kappa shape index (κ3) is 5.84. The largest absolute Gasteiger partial charge is 0.494 e. The Balaban J connectivity index is 2.01.